The summed E-state index contributed by atoms with van der Waals surface area (Å²) in [5, 5.41) is 10.9. The number of nitro groups is 1. The van der Waals surface area contributed by atoms with Crippen LogP contribution in [0.2, 0.25) is 0 Å². The minimum atomic E-state index is -0.512. The van der Waals surface area contributed by atoms with E-state index in [-0.39, 0.29) is 5.69 Å². The number of nitrogen functional groups attached to an aromatic ring is 1. The summed E-state index contributed by atoms with van der Waals surface area (Å²) in [4.78, 5) is 10.4. The number of hydrazine groups is 1. The molecule has 0 spiro atoms. The van der Waals surface area contributed by atoms with Gasteiger partial charge in [0, 0.05) is 12.1 Å². The van der Waals surface area contributed by atoms with Crippen LogP contribution in [0.25, 0.3) is 0 Å². The van der Waals surface area contributed by atoms with Crippen molar-refractivity contribution in [3.63, 3.8) is 0 Å². The minimum Gasteiger partial charge on any atom is -0.490 e. The van der Waals surface area contributed by atoms with Crippen molar-refractivity contribution in [1.82, 2.24) is 0 Å². The number of rotatable bonds is 6. The Bertz CT molecular complexity index is 646. The number of benzene rings is 2. The van der Waals surface area contributed by atoms with Crippen molar-refractivity contribution in [2.45, 2.75) is 6.92 Å². The van der Waals surface area contributed by atoms with Crippen LogP contribution in [-0.2, 0) is 0 Å². The number of hydrogen-bond donors (Lipinski definition) is 2. The summed E-state index contributed by atoms with van der Waals surface area (Å²) >= 11 is 0. The fourth-order valence-electron chi connectivity index (χ4n) is 1.77. The van der Waals surface area contributed by atoms with Gasteiger partial charge in [0.25, 0.3) is 5.69 Å². The first kappa shape index (κ1) is 14.6. The third-order valence-electron chi connectivity index (χ3n) is 2.65. The van der Waals surface area contributed by atoms with Crippen molar-refractivity contribution in [3.05, 3.63) is 52.6 Å². The molecular formula is C14H15N3O4. The smallest absolute Gasteiger partial charge is 0.275 e. The average Bonchev–Trinajstić information content (AvgIpc) is 2.49. The van der Waals surface area contributed by atoms with E-state index in [0.29, 0.717) is 29.5 Å². The van der Waals surface area contributed by atoms with Crippen LogP contribution in [0.1, 0.15) is 6.92 Å². The number of ether oxygens (including phenoxy) is 2. The van der Waals surface area contributed by atoms with Gasteiger partial charge in [-0.15, -0.1) is 0 Å². The van der Waals surface area contributed by atoms with Gasteiger partial charge in [-0.1, -0.05) is 12.1 Å². The molecule has 0 atom stereocenters. The number of nitrogens with one attached hydrogen (secondary N) is 1. The van der Waals surface area contributed by atoms with Gasteiger partial charge in [0.1, 0.15) is 5.75 Å². The van der Waals surface area contributed by atoms with Crippen molar-refractivity contribution < 1.29 is 14.4 Å². The number of non-ortho nitro benzene ring substituents is 1. The second-order valence-electron chi connectivity index (χ2n) is 4.10. The fraction of sp³-hybridized carbons (Fsp3) is 0.143. The molecule has 0 aromatic heterocycles. The Morgan fingerprint density at radius 3 is 2.57 bits per heavy atom. The SMILES string of the molecule is CCOc1ccccc1Oc1cc(NN)cc([N+](=O)[O-])c1. The first-order valence-electron chi connectivity index (χ1n) is 6.29. The Balaban J connectivity index is 2.35. The van der Waals surface area contributed by atoms with Gasteiger partial charge < -0.3 is 14.9 Å². The van der Waals surface area contributed by atoms with E-state index in [1.807, 2.05) is 13.0 Å². The Hall–Kier alpha value is -2.80. The summed E-state index contributed by atoms with van der Waals surface area (Å²) in [7, 11) is 0. The summed E-state index contributed by atoms with van der Waals surface area (Å²) in [6.07, 6.45) is 0. The van der Waals surface area contributed by atoms with Gasteiger partial charge in [-0.2, -0.15) is 0 Å². The molecule has 0 aliphatic heterocycles. The zero-order chi connectivity index (χ0) is 15.2. The molecule has 110 valence electrons. The number of nitro benzene ring substituents is 1. The van der Waals surface area contributed by atoms with Crippen LogP contribution < -0.4 is 20.7 Å². The summed E-state index contributed by atoms with van der Waals surface area (Å²) in [6, 6.07) is 11.3. The van der Waals surface area contributed by atoms with Crippen molar-refractivity contribution in [3.8, 4) is 17.2 Å². The molecular weight excluding hydrogens is 274 g/mol. The van der Waals surface area contributed by atoms with Crippen LogP contribution >= 0.6 is 0 Å². The quantitative estimate of drug-likeness (QED) is 0.481. The van der Waals surface area contributed by atoms with E-state index in [0.717, 1.165) is 0 Å². The molecule has 0 amide bonds. The van der Waals surface area contributed by atoms with E-state index in [1.54, 1.807) is 24.3 Å². The largest absolute Gasteiger partial charge is 0.490 e. The number of nitrogens with zero attached hydrogens (tertiary/aromatic N) is 1. The van der Waals surface area contributed by atoms with E-state index in [9.17, 15) is 10.1 Å². The molecule has 0 saturated heterocycles. The third kappa shape index (κ3) is 3.61. The molecule has 0 heterocycles. The van der Waals surface area contributed by atoms with Crippen molar-refractivity contribution in [2.24, 2.45) is 5.84 Å². The lowest BCUT2D eigenvalue weighted by molar-refractivity contribution is -0.384. The van der Waals surface area contributed by atoms with Gasteiger partial charge in [-0.3, -0.25) is 16.0 Å². The van der Waals surface area contributed by atoms with Gasteiger partial charge in [0.05, 0.1) is 23.3 Å². The number of para-hydroxylation sites is 2. The number of hydrogen-bond acceptors (Lipinski definition) is 6. The maximum absolute atomic E-state index is 10.9. The third-order valence-corrected chi connectivity index (χ3v) is 2.65. The van der Waals surface area contributed by atoms with Gasteiger partial charge in [-0.05, 0) is 19.1 Å². The highest BCUT2D eigenvalue weighted by Crippen LogP contribution is 2.34. The molecule has 21 heavy (non-hydrogen) atoms. The maximum atomic E-state index is 10.9. The number of anilines is 1. The monoisotopic (exact) mass is 289 g/mol. The first-order chi connectivity index (χ1) is 10.1. The highest BCUT2D eigenvalue weighted by atomic mass is 16.6. The Morgan fingerprint density at radius 2 is 1.95 bits per heavy atom. The van der Waals surface area contributed by atoms with Gasteiger partial charge in [0.15, 0.2) is 11.5 Å². The fourth-order valence-corrected chi connectivity index (χ4v) is 1.77. The van der Waals surface area contributed by atoms with Crippen molar-refractivity contribution in [2.75, 3.05) is 12.0 Å². The molecule has 7 heteroatoms. The van der Waals surface area contributed by atoms with Crippen molar-refractivity contribution >= 4 is 11.4 Å². The first-order valence-corrected chi connectivity index (χ1v) is 6.29. The zero-order valence-electron chi connectivity index (χ0n) is 11.4. The molecule has 2 aromatic rings. The Morgan fingerprint density at radius 1 is 1.24 bits per heavy atom. The minimum absolute atomic E-state index is 0.116. The maximum Gasteiger partial charge on any atom is 0.275 e. The lowest BCUT2D eigenvalue weighted by Crippen LogP contribution is -2.07. The molecule has 3 N–H and O–H groups in total. The average molecular weight is 289 g/mol. The second-order valence-corrected chi connectivity index (χ2v) is 4.10. The molecule has 0 radical (unpaired) electrons. The predicted molar refractivity (Wildman–Crippen MR) is 78.6 cm³/mol. The zero-order valence-corrected chi connectivity index (χ0v) is 11.4. The molecule has 7 nitrogen and oxygen atoms in total. The van der Waals surface area contributed by atoms with Crippen LogP contribution in [0.3, 0.4) is 0 Å². The highest BCUT2D eigenvalue weighted by Gasteiger charge is 2.12. The summed E-state index contributed by atoms with van der Waals surface area (Å²) in [5.41, 5.74) is 2.64. The van der Waals surface area contributed by atoms with Gasteiger partial charge in [-0.25, -0.2) is 0 Å². The molecule has 0 fully saturated rings. The van der Waals surface area contributed by atoms with Crippen LogP contribution in [0.5, 0.6) is 17.2 Å². The standard InChI is InChI=1S/C14H15N3O4/c1-2-20-13-5-3-4-6-14(13)21-12-8-10(16-15)7-11(9-12)17(18)19/h3-9,16H,2,15H2,1H3. The summed E-state index contributed by atoms with van der Waals surface area (Å²) in [5.74, 6) is 6.64. The normalized spacial score (nSPS) is 10.0. The molecule has 0 aliphatic carbocycles. The van der Waals surface area contributed by atoms with E-state index < -0.39 is 4.92 Å². The molecule has 0 saturated carbocycles. The van der Waals surface area contributed by atoms with E-state index in [4.69, 9.17) is 15.3 Å². The van der Waals surface area contributed by atoms with Crippen LogP contribution in [0.4, 0.5) is 11.4 Å². The lowest BCUT2D eigenvalue weighted by atomic mass is 10.2. The molecule has 0 aliphatic rings. The highest BCUT2D eigenvalue weighted by molar-refractivity contribution is 5.57. The summed E-state index contributed by atoms with van der Waals surface area (Å²) < 4.78 is 11.1. The number of nitrogens with two attached hydrogens (primary N) is 1. The molecule has 0 bridgehead atoms. The van der Waals surface area contributed by atoms with Gasteiger partial charge >= 0.3 is 0 Å². The molecule has 2 rings (SSSR count). The topological polar surface area (TPSA) is 99.7 Å². The van der Waals surface area contributed by atoms with E-state index in [1.165, 1.54) is 12.1 Å². The molecule has 2 aromatic carbocycles. The van der Waals surface area contributed by atoms with Crippen LogP contribution in [0, 0.1) is 10.1 Å². The Kier molecular flexibility index (Phi) is 4.57. The predicted octanol–water partition coefficient (Wildman–Crippen LogP) is 3.07. The Labute approximate surface area is 121 Å². The van der Waals surface area contributed by atoms with Crippen LogP contribution in [-0.4, -0.2) is 11.5 Å². The van der Waals surface area contributed by atoms with Gasteiger partial charge in [0.2, 0.25) is 0 Å². The van der Waals surface area contributed by atoms with Crippen LogP contribution in [0.15, 0.2) is 42.5 Å². The second kappa shape index (κ2) is 6.58. The van der Waals surface area contributed by atoms with E-state index >= 15 is 0 Å². The summed E-state index contributed by atoms with van der Waals surface area (Å²) in [6.45, 7) is 2.35. The lowest BCUT2D eigenvalue weighted by Gasteiger charge is -2.12. The van der Waals surface area contributed by atoms with E-state index in [2.05, 4.69) is 5.43 Å². The molecule has 0 unspecified atom stereocenters. The van der Waals surface area contributed by atoms with Crippen molar-refractivity contribution in [1.29, 1.82) is 0 Å².